The molecule has 0 bridgehead atoms. The molecule has 2 aliphatic heterocycles. The second-order valence-corrected chi connectivity index (χ2v) is 10.3. The molecule has 0 aliphatic carbocycles. The average Bonchev–Trinajstić information content (AvgIpc) is 3.85. The van der Waals surface area contributed by atoms with Crippen LogP contribution in [0.5, 0.6) is 0 Å². The summed E-state index contributed by atoms with van der Waals surface area (Å²) < 4.78 is 4.03. The molecule has 5 aromatic heterocycles. The molecule has 6 aromatic rings. The smallest absolute Gasteiger partial charge is 0.153 e. The first-order valence-electron chi connectivity index (χ1n) is 13.6. The van der Waals surface area contributed by atoms with E-state index >= 15 is 0 Å². The Hall–Kier alpha value is -4.93. The largest absolute Gasteiger partial charge is 0.572 e. The van der Waals surface area contributed by atoms with Crippen LogP contribution in [0.2, 0.25) is 0 Å². The van der Waals surface area contributed by atoms with Gasteiger partial charge in [-0.2, -0.15) is 19.4 Å². The van der Waals surface area contributed by atoms with Gasteiger partial charge >= 0.3 is 0 Å². The Morgan fingerprint density at radius 2 is 1.57 bits per heavy atom. The Kier molecular flexibility index (Phi) is 7.94. The molecule has 1 radical (unpaired) electrons. The van der Waals surface area contributed by atoms with Gasteiger partial charge in [-0.05, 0) is 58.1 Å². The minimum atomic E-state index is 0. The van der Waals surface area contributed by atoms with Gasteiger partial charge in [-0.3, -0.25) is 4.98 Å². The molecule has 0 saturated heterocycles. The van der Waals surface area contributed by atoms with Gasteiger partial charge in [0.1, 0.15) is 5.82 Å². The molecule has 11 nitrogen and oxygen atoms in total. The molecular formula is C32H28IrN11-5. The Bertz CT molecular complexity index is 1890. The van der Waals surface area contributed by atoms with Gasteiger partial charge < -0.3 is 43.9 Å². The van der Waals surface area contributed by atoms with E-state index in [1.807, 2.05) is 139 Å². The molecule has 2 aliphatic rings. The molecule has 0 amide bonds. The third-order valence-corrected chi connectivity index (χ3v) is 7.13. The molecular weight excluding hydrogens is 731 g/mol. The summed E-state index contributed by atoms with van der Waals surface area (Å²) >= 11 is 0. The summed E-state index contributed by atoms with van der Waals surface area (Å²) in [4.78, 5) is 21.4. The molecule has 0 saturated carbocycles. The number of anilines is 2. The van der Waals surface area contributed by atoms with Crippen LogP contribution >= 0.6 is 0 Å². The number of aromatic nitrogens is 7. The summed E-state index contributed by atoms with van der Waals surface area (Å²) in [5.41, 5.74) is 5.64. The monoisotopic (exact) mass is 759 g/mol. The van der Waals surface area contributed by atoms with E-state index in [0.717, 1.165) is 56.2 Å². The van der Waals surface area contributed by atoms with Gasteiger partial charge in [-0.25, -0.2) is 11.1 Å². The minimum Gasteiger partial charge on any atom is -0.572 e. The van der Waals surface area contributed by atoms with Crippen LogP contribution in [0.4, 0.5) is 11.4 Å². The number of benzene rings is 1. The van der Waals surface area contributed by atoms with Crippen molar-refractivity contribution in [3.8, 4) is 17.3 Å². The van der Waals surface area contributed by atoms with E-state index in [2.05, 4.69) is 36.9 Å². The van der Waals surface area contributed by atoms with E-state index in [9.17, 15) is 0 Å². The Labute approximate surface area is 269 Å². The minimum absolute atomic E-state index is 0. The second-order valence-electron chi connectivity index (χ2n) is 10.3. The van der Waals surface area contributed by atoms with Crippen molar-refractivity contribution < 1.29 is 20.1 Å². The van der Waals surface area contributed by atoms with Gasteiger partial charge in [-0.15, -0.1) is 40.5 Å². The molecule has 12 heteroatoms. The summed E-state index contributed by atoms with van der Waals surface area (Å²) in [7, 11) is 5.97. The standard InChI is InChI=1S/C18H13N7.C14H15N4.Ir/c1-11-7-14(23-22-11)18-21-17(10-24(18)2)25-15-3-5-19-8-12(15)13-9-20-6-4-16(13)25;1-15-6-8-17(11-15)13-4-3-5-14(10-13)18-9-7-16(2)12-18;/h3,5-10H,1-2H3;3-9,11-12H,1-2H3;/q-2;-3;. The number of hydrogen-bond donors (Lipinski definition) is 0. The Balaban J connectivity index is 0.000000161. The predicted molar refractivity (Wildman–Crippen MR) is 166 cm³/mol. The Morgan fingerprint density at radius 3 is 2.20 bits per heavy atom. The van der Waals surface area contributed by atoms with E-state index in [-0.39, 0.29) is 20.1 Å². The zero-order valence-corrected chi connectivity index (χ0v) is 26.9. The molecule has 225 valence electrons. The van der Waals surface area contributed by atoms with E-state index in [0.29, 0.717) is 0 Å². The van der Waals surface area contributed by atoms with Crippen LogP contribution in [0.15, 0.2) is 86.1 Å². The number of nitrogens with zero attached hydrogens (tertiary/aromatic N) is 11. The zero-order chi connectivity index (χ0) is 29.5. The molecule has 7 heterocycles. The number of aryl methyl sites for hydroxylation is 2. The van der Waals surface area contributed by atoms with Crippen LogP contribution in [0.1, 0.15) is 5.69 Å². The zero-order valence-electron chi connectivity index (χ0n) is 24.5. The number of hydrogen-bond acceptors (Lipinski definition) is 8. The van der Waals surface area contributed by atoms with Gasteiger partial charge in [0.2, 0.25) is 0 Å². The molecule has 0 fully saturated rings. The molecule has 8 rings (SSSR count). The normalized spacial score (nSPS) is 14.1. The first-order valence-corrected chi connectivity index (χ1v) is 13.6. The van der Waals surface area contributed by atoms with Gasteiger partial charge in [0.05, 0.1) is 0 Å². The fraction of sp³-hybridized carbons (Fsp3) is 0.125. The van der Waals surface area contributed by atoms with Gasteiger partial charge in [0.25, 0.3) is 0 Å². The molecule has 44 heavy (non-hydrogen) atoms. The number of pyridine rings is 2. The van der Waals surface area contributed by atoms with E-state index in [1.165, 1.54) is 0 Å². The van der Waals surface area contributed by atoms with Crippen molar-refractivity contribution in [1.29, 1.82) is 0 Å². The van der Waals surface area contributed by atoms with Crippen LogP contribution in [0.3, 0.4) is 0 Å². The van der Waals surface area contributed by atoms with Gasteiger partial charge in [-0.1, -0.05) is 23.3 Å². The van der Waals surface area contributed by atoms with Crippen molar-refractivity contribution in [2.24, 2.45) is 7.05 Å². The summed E-state index contributed by atoms with van der Waals surface area (Å²) in [5, 5.41) is 10.3. The molecule has 0 N–H and O–H groups in total. The van der Waals surface area contributed by atoms with Gasteiger partial charge in [0, 0.05) is 57.0 Å². The maximum Gasteiger partial charge on any atom is 0.153 e. The van der Waals surface area contributed by atoms with Crippen molar-refractivity contribution in [1.82, 2.24) is 44.1 Å². The second kappa shape index (κ2) is 12.0. The van der Waals surface area contributed by atoms with Crippen molar-refractivity contribution in [3.05, 3.63) is 117 Å². The third-order valence-electron chi connectivity index (χ3n) is 7.13. The van der Waals surface area contributed by atoms with Crippen molar-refractivity contribution in [3.63, 3.8) is 0 Å². The van der Waals surface area contributed by atoms with Crippen molar-refractivity contribution in [2.45, 2.75) is 6.92 Å². The van der Waals surface area contributed by atoms with E-state index < -0.39 is 0 Å². The van der Waals surface area contributed by atoms with Crippen molar-refractivity contribution in [2.75, 3.05) is 23.9 Å². The summed E-state index contributed by atoms with van der Waals surface area (Å²) in [5.74, 6) is 1.57. The van der Waals surface area contributed by atoms with Crippen LogP contribution in [0.25, 0.3) is 39.1 Å². The molecule has 1 aromatic carbocycles. The molecule has 0 spiro atoms. The summed E-state index contributed by atoms with van der Waals surface area (Å²) in [6.45, 7) is 5.96. The fourth-order valence-corrected chi connectivity index (χ4v) is 5.10. The fourth-order valence-electron chi connectivity index (χ4n) is 5.10. The summed E-state index contributed by atoms with van der Waals surface area (Å²) in [6, 6.07) is 16.7. The van der Waals surface area contributed by atoms with Crippen LogP contribution in [0, 0.1) is 32.4 Å². The SMILES string of the molecule is CN1C=CN(c2[c-]c(N3C=CN(C)[CH-]3)ccc2)[CH-]1.Cc1cc(-c2nc(-n3c4[c-]cncc4c4cnccc43)cn2C)[n-]n1.[Ir]. The number of rotatable bonds is 4. The number of fused-ring (bicyclic) bond motifs is 3. The molecule has 0 atom stereocenters. The molecule has 0 unspecified atom stereocenters. The third kappa shape index (κ3) is 5.45. The average molecular weight is 759 g/mol. The van der Waals surface area contributed by atoms with Crippen LogP contribution in [-0.4, -0.2) is 53.1 Å². The van der Waals surface area contributed by atoms with E-state index in [4.69, 9.17) is 4.98 Å². The van der Waals surface area contributed by atoms with E-state index in [1.54, 1.807) is 12.4 Å². The van der Waals surface area contributed by atoms with Crippen molar-refractivity contribution >= 4 is 33.2 Å². The maximum absolute atomic E-state index is 4.80. The topological polar surface area (TPSA) is 88.5 Å². The predicted octanol–water partition coefficient (Wildman–Crippen LogP) is 4.60. The quantitative estimate of drug-likeness (QED) is 0.240. The van der Waals surface area contributed by atoms with Gasteiger partial charge in [0.15, 0.2) is 5.82 Å². The number of imidazole rings is 1. The maximum atomic E-state index is 4.80. The first-order chi connectivity index (χ1) is 20.9. The van der Waals surface area contributed by atoms with Crippen LogP contribution < -0.4 is 14.9 Å². The first kappa shape index (κ1) is 29.2. The Morgan fingerprint density at radius 1 is 0.864 bits per heavy atom. The summed E-state index contributed by atoms with van der Waals surface area (Å²) in [6.07, 6.45) is 17.2. The van der Waals surface area contributed by atoms with Crippen LogP contribution in [-0.2, 0) is 27.2 Å².